The monoisotopic (exact) mass is 242 g/mol. The topological polar surface area (TPSA) is 89.9 Å². The Kier molecular flexibility index (Phi) is 3.35. The third-order valence-electron chi connectivity index (χ3n) is 3.68. The van der Waals surface area contributed by atoms with E-state index in [1.807, 2.05) is 6.92 Å². The van der Waals surface area contributed by atoms with Crippen molar-refractivity contribution in [3.63, 3.8) is 0 Å². The highest BCUT2D eigenvalue weighted by Gasteiger charge is 2.43. The SMILES string of the molecule is CC1CNCC1C(=O)N1C[C@H](O)C[C@@H]1C(=O)O. The molecule has 0 aromatic rings. The molecule has 0 spiro atoms. The van der Waals surface area contributed by atoms with Crippen molar-refractivity contribution < 1.29 is 19.8 Å². The van der Waals surface area contributed by atoms with Crippen LogP contribution in [0.4, 0.5) is 0 Å². The second kappa shape index (κ2) is 4.62. The van der Waals surface area contributed by atoms with Gasteiger partial charge in [0.15, 0.2) is 0 Å². The minimum Gasteiger partial charge on any atom is -0.480 e. The number of carboxylic acids is 1. The van der Waals surface area contributed by atoms with Gasteiger partial charge in [0.25, 0.3) is 0 Å². The average Bonchev–Trinajstić information content (AvgIpc) is 2.83. The Morgan fingerprint density at radius 1 is 1.35 bits per heavy atom. The molecule has 2 heterocycles. The number of aliphatic hydroxyl groups excluding tert-OH is 1. The summed E-state index contributed by atoms with van der Waals surface area (Å²) in [7, 11) is 0. The van der Waals surface area contributed by atoms with Gasteiger partial charge in [-0.05, 0) is 12.5 Å². The Balaban J connectivity index is 2.10. The number of carbonyl (C=O) groups excluding carboxylic acids is 1. The summed E-state index contributed by atoms with van der Waals surface area (Å²) in [6.07, 6.45) is -0.583. The van der Waals surface area contributed by atoms with E-state index in [9.17, 15) is 14.7 Å². The van der Waals surface area contributed by atoms with Crippen LogP contribution in [0.25, 0.3) is 0 Å². The average molecular weight is 242 g/mol. The molecule has 2 unspecified atom stereocenters. The predicted molar refractivity (Wildman–Crippen MR) is 59.3 cm³/mol. The number of nitrogens with zero attached hydrogens (tertiary/aromatic N) is 1. The predicted octanol–water partition coefficient (Wildman–Crippen LogP) is -1.11. The number of rotatable bonds is 2. The highest BCUT2D eigenvalue weighted by Crippen LogP contribution is 2.25. The largest absolute Gasteiger partial charge is 0.480 e. The van der Waals surface area contributed by atoms with Crippen LogP contribution in [-0.2, 0) is 9.59 Å². The molecule has 0 aromatic carbocycles. The van der Waals surface area contributed by atoms with Crippen molar-refractivity contribution in [2.45, 2.75) is 25.5 Å². The van der Waals surface area contributed by atoms with Crippen molar-refractivity contribution in [1.29, 1.82) is 0 Å². The Morgan fingerprint density at radius 3 is 2.59 bits per heavy atom. The Morgan fingerprint density at radius 2 is 2.06 bits per heavy atom. The molecule has 6 heteroatoms. The van der Waals surface area contributed by atoms with Gasteiger partial charge in [-0.2, -0.15) is 0 Å². The van der Waals surface area contributed by atoms with Gasteiger partial charge in [-0.3, -0.25) is 4.79 Å². The van der Waals surface area contributed by atoms with Crippen LogP contribution in [0, 0.1) is 11.8 Å². The molecule has 3 N–H and O–H groups in total. The summed E-state index contributed by atoms with van der Waals surface area (Å²) in [6, 6.07) is -0.870. The zero-order valence-electron chi connectivity index (χ0n) is 9.80. The number of β-amino-alcohol motifs (C(OH)–C–C–N with tert-alkyl or cyclic N) is 1. The number of nitrogens with one attached hydrogen (secondary N) is 1. The maximum atomic E-state index is 12.2. The molecule has 96 valence electrons. The highest BCUT2D eigenvalue weighted by molar-refractivity contribution is 5.86. The number of hydrogen-bond donors (Lipinski definition) is 3. The summed E-state index contributed by atoms with van der Waals surface area (Å²) in [5, 5.41) is 21.7. The van der Waals surface area contributed by atoms with Crippen molar-refractivity contribution in [3.8, 4) is 0 Å². The standard InChI is InChI=1S/C11H18N2O4/c1-6-3-12-4-8(6)10(15)13-5-7(14)2-9(13)11(16)17/h6-9,12,14H,2-5H2,1H3,(H,16,17)/t6?,7-,8?,9-/m1/s1. The molecular formula is C11H18N2O4. The Hall–Kier alpha value is -1.14. The van der Waals surface area contributed by atoms with E-state index in [-0.39, 0.29) is 30.7 Å². The molecule has 0 saturated carbocycles. The zero-order valence-corrected chi connectivity index (χ0v) is 9.80. The molecule has 2 rings (SSSR count). The summed E-state index contributed by atoms with van der Waals surface area (Å²) in [5.41, 5.74) is 0. The van der Waals surface area contributed by atoms with Gasteiger partial charge in [0.05, 0.1) is 12.0 Å². The van der Waals surface area contributed by atoms with Crippen LogP contribution >= 0.6 is 0 Å². The van der Waals surface area contributed by atoms with E-state index in [0.29, 0.717) is 6.54 Å². The van der Waals surface area contributed by atoms with E-state index in [1.54, 1.807) is 0 Å². The summed E-state index contributed by atoms with van der Waals surface area (Å²) in [6.45, 7) is 3.49. The van der Waals surface area contributed by atoms with E-state index in [4.69, 9.17) is 5.11 Å². The molecule has 17 heavy (non-hydrogen) atoms. The molecule has 1 amide bonds. The molecule has 0 bridgehead atoms. The lowest BCUT2D eigenvalue weighted by Crippen LogP contribution is -2.45. The molecule has 4 atom stereocenters. The number of carbonyl (C=O) groups is 2. The first-order valence-electron chi connectivity index (χ1n) is 5.92. The van der Waals surface area contributed by atoms with Gasteiger partial charge in [0, 0.05) is 19.5 Å². The lowest BCUT2D eigenvalue weighted by Gasteiger charge is -2.25. The molecular weight excluding hydrogens is 224 g/mol. The fraction of sp³-hybridized carbons (Fsp3) is 0.818. The molecule has 0 aliphatic carbocycles. The summed E-state index contributed by atoms with van der Waals surface area (Å²) >= 11 is 0. The van der Waals surface area contributed by atoms with Crippen LogP contribution in [0.1, 0.15) is 13.3 Å². The normalized spacial score (nSPS) is 37.4. The smallest absolute Gasteiger partial charge is 0.326 e. The maximum Gasteiger partial charge on any atom is 0.326 e. The Labute approximate surface area is 99.6 Å². The summed E-state index contributed by atoms with van der Waals surface area (Å²) < 4.78 is 0. The minimum absolute atomic E-state index is 0.135. The van der Waals surface area contributed by atoms with Crippen molar-refractivity contribution in [2.24, 2.45) is 11.8 Å². The number of hydrogen-bond acceptors (Lipinski definition) is 4. The summed E-state index contributed by atoms with van der Waals surface area (Å²) in [5.74, 6) is -1.13. The van der Waals surface area contributed by atoms with Crippen LogP contribution in [0.15, 0.2) is 0 Å². The molecule has 2 saturated heterocycles. The lowest BCUT2D eigenvalue weighted by molar-refractivity contribution is -0.150. The van der Waals surface area contributed by atoms with Crippen molar-refractivity contribution >= 4 is 11.9 Å². The van der Waals surface area contributed by atoms with Gasteiger partial charge in [0.1, 0.15) is 6.04 Å². The second-order valence-corrected chi connectivity index (χ2v) is 4.98. The number of amides is 1. The van der Waals surface area contributed by atoms with E-state index >= 15 is 0 Å². The number of aliphatic carboxylic acids is 1. The number of likely N-dealkylation sites (tertiary alicyclic amines) is 1. The second-order valence-electron chi connectivity index (χ2n) is 4.98. The van der Waals surface area contributed by atoms with Gasteiger partial charge in [-0.15, -0.1) is 0 Å². The molecule has 2 fully saturated rings. The zero-order chi connectivity index (χ0) is 12.6. The summed E-state index contributed by atoms with van der Waals surface area (Å²) in [4.78, 5) is 24.6. The van der Waals surface area contributed by atoms with Crippen LogP contribution in [0.5, 0.6) is 0 Å². The fourth-order valence-corrected chi connectivity index (χ4v) is 2.65. The van der Waals surface area contributed by atoms with Crippen molar-refractivity contribution in [1.82, 2.24) is 10.2 Å². The maximum absolute atomic E-state index is 12.2. The van der Waals surface area contributed by atoms with Crippen LogP contribution in [0.3, 0.4) is 0 Å². The van der Waals surface area contributed by atoms with Crippen molar-refractivity contribution in [3.05, 3.63) is 0 Å². The highest BCUT2D eigenvalue weighted by atomic mass is 16.4. The van der Waals surface area contributed by atoms with Gasteiger partial charge < -0.3 is 20.4 Å². The third-order valence-corrected chi connectivity index (χ3v) is 3.68. The molecule has 2 aliphatic rings. The van der Waals surface area contributed by atoms with Crippen LogP contribution in [-0.4, -0.2) is 58.8 Å². The van der Waals surface area contributed by atoms with Gasteiger partial charge in [-0.1, -0.05) is 6.92 Å². The van der Waals surface area contributed by atoms with Gasteiger partial charge in [-0.25, -0.2) is 4.79 Å². The fourth-order valence-electron chi connectivity index (χ4n) is 2.65. The molecule has 0 radical (unpaired) electrons. The first-order chi connectivity index (χ1) is 8.00. The molecule has 2 aliphatic heterocycles. The lowest BCUT2D eigenvalue weighted by atomic mass is 9.96. The van der Waals surface area contributed by atoms with E-state index < -0.39 is 18.1 Å². The van der Waals surface area contributed by atoms with Crippen LogP contribution < -0.4 is 5.32 Å². The van der Waals surface area contributed by atoms with Gasteiger partial charge in [0.2, 0.25) is 5.91 Å². The first kappa shape index (κ1) is 12.3. The minimum atomic E-state index is -1.03. The molecule has 0 aromatic heterocycles. The Bertz CT molecular complexity index is 333. The van der Waals surface area contributed by atoms with E-state index in [2.05, 4.69) is 5.32 Å². The number of carboxylic acid groups (broad SMARTS) is 1. The van der Waals surface area contributed by atoms with E-state index in [0.717, 1.165) is 6.54 Å². The quantitative estimate of drug-likeness (QED) is 0.571. The number of aliphatic hydroxyl groups is 1. The van der Waals surface area contributed by atoms with Crippen LogP contribution in [0.2, 0.25) is 0 Å². The van der Waals surface area contributed by atoms with Crippen molar-refractivity contribution in [2.75, 3.05) is 19.6 Å². The first-order valence-corrected chi connectivity index (χ1v) is 5.92. The van der Waals surface area contributed by atoms with Gasteiger partial charge >= 0.3 is 5.97 Å². The molecule has 6 nitrogen and oxygen atoms in total. The van der Waals surface area contributed by atoms with E-state index in [1.165, 1.54) is 4.90 Å². The third kappa shape index (κ3) is 2.28.